The topological polar surface area (TPSA) is 115 Å². The zero-order valence-electron chi connectivity index (χ0n) is 11.7. The average Bonchev–Trinajstić information content (AvgIpc) is 2.97. The van der Waals surface area contributed by atoms with Crippen LogP contribution in [-0.2, 0) is 10.0 Å². The van der Waals surface area contributed by atoms with E-state index in [9.17, 15) is 18.5 Å². The fourth-order valence-electron chi connectivity index (χ4n) is 2.02. The molecule has 1 atom stereocenters. The molecule has 1 aromatic heterocycles. The summed E-state index contributed by atoms with van der Waals surface area (Å²) in [6, 6.07) is 7.92. The fourth-order valence-corrected chi connectivity index (χ4v) is 3.53. The summed E-state index contributed by atoms with van der Waals surface area (Å²) in [7, 11) is -4.16. The van der Waals surface area contributed by atoms with Gasteiger partial charge in [0.15, 0.2) is 4.90 Å². The van der Waals surface area contributed by atoms with Crippen molar-refractivity contribution in [2.45, 2.75) is 17.7 Å². The SMILES string of the molecule is CC(CNc1cccc(S(N)(=O)=O)c1[N+](=O)[O-])c1cccs1. The van der Waals surface area contributed by atoms with Gasteiger partial charge in [-0.2, -0.15) is 0 Å². The van der Waals surface area contributed by atoms with Gasteiger partial charge in [-0.3, -0.25) is 10.1 Å². The number of nitro groups is 1. The molecule has 0 fully saturated rings. The lowest BCUT2D eigenvalue weighted by molar-refractivity contribution is -0.386. The summed E-state index contributed by atoms with van der Waals surface area (Å²) in [6.07, 6.45) is 0. The predicted octanol–water partition coefficient (Wildman–Crippen LogP) is 2.52. The zero-order chi connectivity index (χ0) is 16.3. The number of benzene rings is 1. The van der Waals surface area contributed by atoms with E-state index < -0.39 is 25.5 Å². The van der Waals surface area contributed by atoms with Gasteiger partial charge in [0.2, 0.25) is 10.0 Å². The number of hydrogen-bond donors (Lipinski definition) is 2. The van der Waals surface area contributed by atoms with Crippen LogP contribution in [0.4, 0.5) is 11.4 Å². The molecule has 0 bridgehead atoms. The van der Waals surface area contributed by atoms with Gasteiger partial charge >= 0.3 is 5.69 Å². The number of primary sulfonamides is 1. The lowest BCUT2D eigenvalue weighted by Gasteiger charge is -2.13. The Balaban J connectivity index is 2.30. The Hall–Kier alpha value is -1.97. The minimum absolute atomic E-state index is 0.137. The third kappa shape index (κ3) is 3.62. The Morgan fingerprint density at radius 1 is 1.36 bits per heavy atom. The van der Waals surface area contributed by atoms with Crippen LogP contribution in [0, 0.1) is 10.1 Å². The number of anilines is 1. The van der Waals surface area contributed by atoms with E-state index in [1.807, 2.05) is 24.4 Å². The first-order valence-electron chi connectivity index (χ1n) is 6.38. The van der Waals surface area contributed by atoms with Crippen LogP contribution in [0.3, 0.4) is 0 Å². The van der Waals surface area contributed by atoms with Crippen LogP contribution in [0.1, 0.15) is 17.7 Å². The van der Waals surface area contributed by atoms with Crippen molar-refractivity contribution in [1.29, 1.82) is 0 Å². The fraction of sp³-hybridized carbons (Fsp3) is 0.231. The summed E-state index contributed by atoms with van der Waals surface area (Å²) in [5, 5.41) is 21.1. The molecule has 22 heavy (non-hydrogen) atoms. The number of nitrogens with two attached hydrogens (primary N) is 1. The van der Waals surface area contributed by atoms with Crippen LogP contribution >= 0.6 is 11.3 Å². The van der Waals surface area contributed by atoms with E-state index in [0.29, 0.717) is 6.54 Å². The summed E-state index contributed by atoms with van der Waals surface area (Å²) in [4.78, 5) is 11.1. The Kier molecular flexibility index (Phi) is 4.79. The van der Waals surface area contributed by atoms with Gasteiger partial charge in [0, 0.05) is 17.3 Å². The molecule has 2 aromatic rings. The van der Waals surface area contributed by atoms with Crippen molar-refractivity contribution >= 4 is 32.7 Å². The molecular formula is C13H15N3O4S2. The number of rotatable bonds is 6. The molecule has 0 aliphatic rings. The molecular weight excluding hydrogens is 326 g/mol. The largest absolute Gasteiger partial charge is 0.379 e. The van der Waals surface area contributed by atoms with Crippen LogP contribution in [-0.4, -0.2) is 19.9 Å². The molecule has 0 radical (unpaired) electrons. The highest BCUT2D eigenvalue weighted by molar-refractivity contribution is 7.89. The number of sulfonamides is 1. The highest BCUT2D eigenvalue weighted by Crippen LogP contribution is 2.32. The van der Waals surface area contributed by atoms with E-state index in [0.717, 1.165) is 10.9 Å². The van der Waals surface area contributed by atoms with Crippen molar-refractivity contribution < 1.29 is 13.3 Å². The van der Waals surface area contributed by atoms with Gasteiger partial charge in [-0.1, -0.05) is 19.1 Å². The van der Waals surface area contributed by atoms with E-state index in [1.54, 1.807) is 11.3 Å². The number of nitrogens with one attached hydrogen (secondary N) is 1. The van der Waals surface area contributed by atoms with Gasteiger partial charge in [-0.15, -0.1) is 11.3 Å². The second-order valence-corrected chi connectivity index (χ2v) is 7.26. The van der Waals surface area contributed by atoms with Crippen LogP contribution in [0.25, 0.3) is 0 Å². The summed E-state index contributed by atoms with van der Waals surface area (Å²) >= 11 is 1.59. The number of hydrogen-bond acceptors (Lipinski definition) is 6. The molecule has 1 heterocycles. The molecule has 0 saturated carbocycles. The Morgan fingerprint density at radius 2 is 2.09 bits per heavy atom. The molecule has 0 saturated heterocycles. The molecule has 0 amide bonds. The minimum Gasteiger partial charge on any atom is -0.379 e. The van der Waals surface area contributed by atoms with Crippen LogP contribution in [0.15, 0.2) is 40.6 Å². The number of para-hydroxylation sites is 1. The third-order valence-electron chi connectivity index (χ3n) is 3.12. The smallest absolute Gasteiger partial charge is 0.312 e. The second kappa shape index (κ2) is 6.42. The lowest BCUT2D eigenvalue weighted by atomic mass is 10.1. The van der Waals surface area contributed by atoms with Crippen molar-refractivity contribution in [3.05, 3.63) is 50.7 Å². The maximum absolute atomic E-state index is 11.5. The first kappa shape index (κ1) is 16.4. The normalized spacial score (nSPS) is 12.8. The Morgan fingerprint density at radius 3 is 2.64 bits per heavy atom. The van der Waals surface area contributed by atoms with Gasteiger partial charge in [-0.05, 0) is 23.6 Å². The van der Waals surface area contributed by atoms with Crippen molar-refractivity contribution in [2.24, 2.45) is 5.14 Å². The van der Waals surface area contributed by atoms with Gasteiger partial charge < -0.3 is 5.32 Å². The summed E-state index contributed by atoms with van der Waals surface area (Å²) in [5.41, 5.74) is -0.386. The molecule has 7 nitrogen and oxygen atoms in total. The first-order valence-corrected chi connectivity index (χ1v) is 8.80. The van der Waals surface area contributed by atoms with Crippen LogP contribution < -0.4 is 10.5 Å². The zero-order valence-corrected chi connectivity index (χ0v) is 13.4. The van der Waals surface area contributed by atoms with Crippen molar-refractivity contribution in [1.82, 2.24) is 0 Å². The maximum Gasteiger partial charge on any atom is 0.312 e. The van der Waals surface area contributed by atoms with Crippen LogP contribution in [0.2, 0.25) is 0 Å². The summed E-state index contributed by atoms with van der Waals surface area (Å²) in [5.74, 6) is 0.137. The Labute approximate surface area is 132 Å². The highest BCUT2D eigenvalue weighted by atomic mass is 32.2. The molecule has 3 N–H and O–H groups in total. The van der Waals surface area contributed by atoms with Gasteiger partial charge in [0.05, 0.1) is 4.92 Å². The molecule has 2 rings (SSSR count). The molecule has 0 aliphatic carbocycles. The standard InChI is InChI=1S/C13H15N3O4S2/c1-9(11-5-3-7-21-11)8-15-10-4-2-6-12(22(14,19)20)13(10)16(17)18/h2-7,9,15H,8H2,1H3,(H2,14,19,20). The molecule has 0 aliphatic heterocycles. The highest BCUT2D eigenvalue weighted by Gasteiger charge is 2.26. The molecule has 1 unspecified atom stereocenters. The van der Waals surface area contributed by atoms with Gasteiger partial charge in [-0.25, -0.2) is 13.6 Å². The molecule has 9 heteroatoms. The maximum atomic E-state index is 11.5. The summed E-state index contributed by atoms with van der Waals surface area (Å²) in [6.45, 7) is 2.42. The quantitative estimate of drug-likeness (QED) is 0.619. The molecule has 0 spiro atoms. The first-order chi connectivity index (χ1) is 10.3. The second-order valence-electron chi connectivity index (χ2n) is 4.75. The van der Waals surface area contributed by atoms with Crippen LogP contribution in [0.5, 0.6) is 0 Å². The molecule has 1 aromatic carbocycles. The van der Waals surface area contributed by atoms with Crippen molar-refractivity contribution in [3.63, 3.8) is 0 Å². The molecule has 118 valence electrons. The Bertz CT molecular complexity index is 773. The van der Waals surface area contributed by atoms with E-state index in [4.69, 9.17) is 5.14 Å². The summed E-state index contributed by atoms with van der Waals surface area (Å²) < 4.78 is 23.0. The average molecular weight is 341 g/mol. The minimum atomic E-state index is -4.16. The van der Waals surface area contributed by atoms with E-state index in [1.165, 1.54) is 12.1 Å². The monoisotopic (exact) mass is 341 g/mol. The van der Waals surface area contributed by atoms with E-state index in [2.05, 4.69) is 5.32 Å². The van der Waals surface area contributed by atoms with E-state index in [-0.39, 0.29) is 11.6 Å². The van der Waals surface area contributed by atoms with Crippen molar-refractivity contribution in [3.8, 4) is 0 Å². The number of thiophene rings is 1. The lowest BCUT2D eigenvalue weighted by Crippen LogP contribution is -2.16. The van der Waals surface area contributed by atoms with Gasteiger partial charge in [0.1, 0.15) is 5.69 Å². The van der Waals surface area contributed by atoms with Crippen molar-refractivity contribution in [2.75, 3.05) is 11.9 Å². The third-order valence-corrected chi connectivity index (χ3v) is 5.16. The number of nitro benzene ring substituents is 1. The van der Waals surface area contributed by atoms with E-state index >= 15 is 0 Å². The predicted molar refractivity (Wildman–Crippen MR) is 85.7 cm³/mol. The van der Waals surface area contributed by atoms with Gasteiger partial charge in [0.25, 0.3) is 0 Å². The number of nitrogens with zero attached hydrogens (tertiary/aromatic N) is 1.